The number of amides is 2. The molecule has 0 bridgehead atoms. The molecule has 0 saturated carbocycles. The molecule has 1 saturated heterocycles. The summed E-state index contributed by atoms with van der Waals surface area (Å²) in [5, 5.41) is 12.0. The number of anilines is 1. The van der Waals surface area contributed by atoms with Crippen LogP contribution in [0.4, 0.5) is 10.5 Å². The molecule has 1 aromatic carbocycles. The number of halogens is 1. The van der Waals surface area contributed by atoms with E-state index in [0.29, 0.717) is 23.8 Å². The van der Waals surface area contributed by atoms with Crippen molar-refractivity contribution in [3.05, 3.63) is 29.3 Å². The summed E-state index contributed by atoms with van der Waals surface area (Å²) in [5.74, 6) is -0.773. The molecular weight excluding hydrogens is 268 g/mol. The highest BCUT2D eigenvalue weighted by Gasteiger charge is 2.27. The first-order chi connectivity index (χ1) is 9.04. The first kappa shape index (κ1) is 13.7. The molecule has 1 fully saturated rings. The first-order valence-electron chi connectivity index (χ1n) is 6.08. The van der Waals surface area contributed by atoms with Crippen molar-refractivity contribution in [2.45, 2.75) is 12.8 Å². The Bertz CT molecular complexity index is 493. The molecule has 0 aromatic heterocycles. The fraction of sp³-hybridized carbons (Fsp3) is 0.385. The van der Waals surface area contributed by atoms with Crippen LogP contribution in [0.3, 0.4) is 0 Å². The number of carbonyl (C=O) groups excluding carboxylic acids is 1. The number of hydrogen-bond donors (Lipinski definition) is 2. The number of likely N-dealkylation sites (tertiary alicyclic amines) is 1. The van der Waals surface area contributed by atoms with E-state index in [0.717, 1.165) is 6.42 Å². The summed E-state index contributed by atoms with van der Waals surface area (Å²) in [6, 6.07) is 6.71. The number of aliphatic carboxylic acids is 1. The standard InChI is InChI=1S/C13H15ClN2O3/c14-10-2-1-3-11(7-10)15-13(19)16-5-4-9(8-16)6-12(17)18/h1-3,7,9H,4-6,8H2,(H,15,19)(H,17,18). The van der Waals surface area contributed by atoms with E-state index < -0.39 is 5.97 Å². The number of carboxylic acid groups (broad SMARTS) is 1. The highest BCUT2D eigenvalue weighted by molar-refractivity contribution is 6.30. The number of hydrogen-bond acceptors (Lipinski definition) is 2. The zero-order valence-corrected chi connectivity index (χ0v) is 11.1. The van der Waals surface area contributed by atoms with E-state index >= 15 is 0 Å². The lowest BCUT2D eigenvalue weighted by molar-refractivity contribution is -0.138. The summed E-state index contributed by atoms with van der Waals surface area (Å²) >= 11 is 5.84. The van der Waals surface area contributed by atoms with Gasteiger partial charge in [-0.2, -0.15) is 0 Å². The molecule has 2 amide bonds. The molecule has 6 heteroatoms. The van der Waals surface area contributed by atoms with Crippen molar-refractivity contribution in [1.82, 2.24) is 4.90 Å². The summed E-state index contributed by atoms with van der Waals surface area (Å²) < 4.78 is 0. The van der Waals surface area contributed by atoms with Crippen molar-refractivity contribution >= 4 is 29.3 Å². The van der Waals surface area contributed by atoms with Gasteiger partial charge in [-0.05, 0) is 30.5 Å². The van der Waals surface area contributed by atoms with Crippen molar-refractivity contribution in [2.24, 2.45) is 5.92 Å². The van der Waals surface area contributed by atoms with Gasteiger partial charge in [0.2, 0.25) is 0 Å². The van der Waals surface area contributed by atoms with E-state index in [2.05, 4.69) is 5.32 Å². The molecule has 1 aliphatic heterocycles. The molecule has 0 spiro atoms. The second kappa shape index (κ2) is 5.93. The van der Waals surface area contributed by atoms with E-state index in [1.165, 1.54) is 0 Å². The number of rotatable bonds is 3. The van der Waals surface area contributed by atoms with E-state index in [9.17, 15) is 9.59 Å². The first-order valence-corrected chi connectivity index (χ1v) is 6.45. The molecule has 1 aliphatic rings. The zero-order chi connectivity index (χ0) is 13.8. The summed E-state index contributed by atoms with van der Waals surface area (Å²) in [6.07, 6.45) is 0.843. The Morgan fingerprint density at radius 1 is 1.47 bits per heavy atom. The third kappa shape index (κ3) is 3.86. The molecular formula is C13H15ClN2O3. The minimum atomic E-state index is -0.818. The highest BCUT2D eigenvalue weighted by atomic mass is 35.5. The lowest BCUT2D eigenvalue weighted by atomic mass is 10.1. The van der Waals surface area contributed by atoms with Crippen LogP contribution >= 0.6 is 11.6 Å². The van der Waals surface area contributed by atoms with Crippen LogP contribution in [0.25, 0.3) is 0 Å². The third-order valence-electron chi connectivity index (χ3n) is 3.11. The molecule has 0 aliphatic carbocycles. The van der Waals surface area contributed by atoms with Crippen LogP contribution in [0.1, 0.15) is 12.8 Å². The highest BCUT2D eigenvalue weighted by Crippen LogP contribution is 2.21. The van der Waals surface area contributed by atoms with Crippen molar-refractivity contribution in [2.75, 3.05) is 18.4 Å². The van der Waals surface area contributed by atoms with Gasteiger partial charge in [0.25, 0.3) is 0 Å². The van der Waals surface area contributed by atoms with Gasteiger partial charge < -0.3 is 15.3 Å². The summed E-state index contributed by atoms with van der Waals surface area (Å²) in [5.41, 5.74) is 0.638. The van der Waals surface area contributed by atoms with Gasteiger partial charge in [-0.3, -0.25) is 4.79 Å². The van der Waals surface area contributed by atoms with Gasteiger partial charge >= 0.3 is 12.0 Å². The van der Waals surface area contributed by atoms with Crippen molar-refractivity contribution in [1.29, 1.82) is 0 Å². The minimum absolute atomic E-state index is 0.0441. The fourth-order valence-electron chi connectivity index (χ4n) is 2.20. The Labute approximate surface area is 116 Å². The molecule has 1 heterocycles. The second-order valence-electron chi connectivity index (χ2n) is 4.64. The SMILES string of the molecule is O=C(O)CC1CCN(C(=O)Nc2cccc(Cl)c2)C1. The van der Waals surface area contributed by atoms with Crippen LogP contribution in [0.15, 0.2) is 24.3 Å². The average molecular weight is 283 g/mol. The van der Waals surface area contributed by atoms with Crippen molar-refractivity contribution in [3.8, 4) is 0 Å². The van der Waals surface area contributed by atoms with Crippen LogP contribution in [0, 0.1) is 5.92 Å². The van der Waals surface area contributed by atoms with Crippen LogP contribution in [0.5, 0.6) is 0 Å². The Morgan fingerprint density at radius 2 is 2.26 bits per heavy atom. The summed E-state index contributed by atoms with van der Waals surface area (Å²) in [6.45, 7) is 1.07. The molecule has 5 nitrogen and oxygen atoms in total. The normalized spacial score (nSPS) is 18.4. The van der Waals surface area contributed by atoms with Gasteiger partial charge in [0.1, 0.15) is 0 Å². The second-order valence-corrected chi connectivity index (χ2v) is 5.08. The number of nitrogens with one attached hydrogen (secondary N) is 1. The van der Waals surface area contributed by atoms with Gasteiger partial charge in [0.15, 0.2) is 0 Å². The largest absolute Gasteiger partial charge is 0.481 e. The summed E-state index contributed by atoms with van der Waals surface area (Å²) in [4.78, 5) is 24.2. The number of nitrogens with zero attached hydrogens (tertiary/aromatic N) is 1. The minimum Gasteiger partial charge on any atom is -0.481 e. The van der Waals surface area contributed by atoms with Crippen LogP contribution in [-0.2, 0) is 4.79 Å². The van der Waals surface area contributed by atoms with Crippen molar-refractivity contribution < 1.29 is 14.7 Å². The van der Waals surface area contributed by atoms with Gasteiger partial charge in [0, 0.05) is 30.2 Å². The fourth-order valence-corrected chi connectivity index (χ4v) is 2.39. The van der Waals surface area contributed by atoms with Gasteiger partial charge in [0.05, 0.1) is 0 Å². The Hall–Kier alpha value is -1.75. The lowest BCUT2D eigenvalue weighted by Gasteiger charge is -2.17. The topological polar surface area (TPSA) is 69.6 Å². The third-order valence-corrected chi connectivity index (χ3v) is 3.35. The molecule has 102 valence electrons. The number of urea groups is 1. The maximum absolute atomic E-state index is 12.0. The van der Waals surface area contributed by atoms with Crippen LogP contribution in [-0.4, -0.2) is 35.1 Å². The van der Waals surface area contributed by atoms with Gasteiger partial charge in [-0.25, -0.2) is 4.79 Å². The summed E-state index contributed by atoms with van der Waals surface area (Å²) in [7, 11) is 0. The molecule has 1 aromatic rings. The molecule has 0 radical (unpaired) electrons. The maximum Gasteiger partial charge on any atom is 0.321 e. The van der Waals surface area contributed by atoms with E-state index in [4.69, 9.17) is 16.7 Å². The number of benzene rings is 1. The predicted octanol–water partition coefficient (Wildman–Crippen LogP) is 2.67. The Morgan fingerprint density at radius 3 is 2.95 bits per heavy atom. The van der Waals surface area contributed by atoms with E-state index in [-0.39, 0.29) is 18.4 Å². The van der Waals surface area contributed by atoms with Crippen molar-refractivity contribution in [3.63, 3.8) is 0 Å². The Balaban J connectivity index is 1.89. The zero-order valence-electron chi connectivity index (χ0n) is 10.3. The van der Waals surface area contributed by atoms with Gasteiger partial charge in [-0.1, -0.05) is 17.7 Å². The molecule has 1 atom stereocenters. The smallest absolute Gasteiger partial charge is 0.321 e. The quantitative estimate of drug-likeness (QED) is 0.895. The van der Waals surface area contributed by atoms with E-state index in [1.807, 2.05) is 0 Å². The predicted molar refractivity (Wildman–Crippen MR) is 72.4 cm³/mol. The Kier molecular flexibility index (Phi) is 4.27. The van der Waals surface area contributed by atoms with E-state index in [1.54, 1.807) is 29.2 Å². The number of carbonyl (C=O) groups is 2. The number of carboxylic acids is 1. The molecule has 19 heavy (non-hydrogen) atoms. The van der Waals surface area contributed by atoms with Crippen LogP contribution < -0.4 is 5.32 Å². The maximum atomic E-state index is 12.0. The van der Waals surface area contributed by atoms with Gasteiger partial charge in [-0.15, -0.1) is 0 Å². The van der Waals surface area contributed by atoms with Crippen LogP contribution in [0.2, 0.25) is 5.02 Å². The molecule has 2 N–H and O–H groups in total. The monoisotopic (exact) mass is 282 g/mol. The molecule has 2 rings (SSSR count). The lowest BCUT2D eigenvalue weighted by Crippen LogP contribution is -2.33. The average Bonchev–Trinajstić information content (AvgIpc) is 2.76. The molecule has 1 unspecified atom stereocenters.